The highest BCUT2D eigenvalue weighted by molar-refractivity contribution is 7.19. The molecule has 4 nitrogen and oxygen atoms in total. The van der Waals surface area contributed by atoms with E-state index >= 15 is 0 Å². The number of aryl methyl sites for hydroxylation is 2. The lowest BCUT2D eigenvalue weighted by Gasteiger charge is -2.12. The van der Waals surface area contributed by atoms with Crippen LogP contribution in [0.2, 0.25) is 0 Å². The van der Waals surface area contributed by atoms with Gasteiger partial charge in [-0.1, -0.05) is 0 Å². The van der Waals surface area contributed by atoms with Gasteiger partial charge in [-0.25, -0.2) is 9.97 Å². The van der Waals surface area contributed by atoms with Crippen molar-refractivity contribution in [3.63, 3.8) is 0 Å². The summed E-state index contributed by atoms with van der Waals surface area (Å²) in [5.41, 5.74) is 1.49. The highest BCUT2D eigenvalue weighted by Gasteiger charge is 2.19. The van der Waals surface area contributed by atoms with E-state index in [0.29, 0.717) is 0 Å². The minimum Gasteiger partial charge on any atom is -0.382 e. The Balaban J connectivity index is 0.00000161. The summed E-state index contributed by atoms with van der Waals surface area (Å²) in [5, 5.41) is 4.73. The van der Waals surface area contributed by atoms with Gasteiger partial charge in [-0.3, -0.25) is 0 Å². The van der Waals surface area contributed by atoms with Crippen molar-refractivity contribution >= 4 is 39.8 Å². The fourth-order valence-corrected chi connectivity index (χ4v) is 3.98. The fraction of sp³-hybridized carbons (Fsp3) is 0.600. The summed E-state index contributed by atoms with van der Waals surface area (Å²) >= 11 is 1.85. The smallest absolute Gasteiger partial charge is 0.138 e. The molecule has 0 saturated heterocycles. The van der Waals surface area contributed by atoms with E-state index in [1.165, 1.54) is 41.5 Å². The summed E-state index contributed by atoms with van der Waals surface area (Å²) < 4.78 is 5.36. The largest absolute Gasteiger partial charge is 0.382 e. The van der Waals surface area contributed by atoms with Gasteiger partial charge >= 0.3 is 0 Å². The standard InChI is InChI=1S/C15H21N3OS.ClH/c1-2-19-9-5-8-16-14-13-11-6-3-4-7-12(11)20-15(13)18-10-17-14;/h10H,2-9H2,1H3,(H,16,17,18);1H. The van der Waals surface area contributed by atoms with Crippen molar-refractivity contribution in [2.75, 3.05) is 25.1 Å². The molecule has 2 aromatic heterocycles. The molecule has 0 bridgehead atoms. The Labute approximate surface area is 135 Å². The molecule has 0 aromatic carbocycles. The maximum absolute atomic E-state index is 5.36. The summed E-state index contributed by atoms with van der Waals surface area (Å²) in [6.45, 7) is 4.52. The van der Waals surface area contributed by atoms with E-state index in [4.69, 9.17) is 4.74 Å². The Morgan fingerprint density at radius 2 is 2.14 bits per heavy atom. The third-order valence-corrected chi connectivity index (χ3v) is 4.91. The van der Waals surface area contributed by atoms with Gasteiger partial charge in [-0.05, 0) is 44.6 Å². The van der Waals surface area contributed by atoms with Crippen LogP contribution in [0.1, 0.15) is 36.6 Å². The van der Waals surface area contributed by atoms with E-state index in [-0.39, 0.29) is 12.4 Å². The summed E-state index contributed by atoms with van der Waals surface area (Å²) in [6.07, 6.45) is 7.67. The van der Waals surface area contributed by atoms with Crippen LogP contribution < -0.4 is 5.32 Å². The molecule has 0 saturated carbocycles. The zero-order valence-electron chi connectivity index (χ0n) is 12.4. The van der Waals surface area contributed by atoms with Gasteiger partial charge in [-0.2, -0.15) is 0 Å². The molecule has 1 N–H and O–H groups in total. The van der Waals surface area contributed by atoms with Gasteiger partial charge in [0.05, 0.1) is 5.39 Å². The highest BCUT2D eigenvalue weighted by atomic mass is 35.5. The molecule has 0 spiro atoms. The number of fused-ring (bicyclic) bond motifs is 3. The minimum atomic E-state index is 0. The molecule has 0 radical (unpaired) electrons. The van der Waals surface area contributed by atoms with E-state index < -0.39 is 0 Å². The van der Waals surface area contributed by atoms with Gasteiger partial charge in [0, 0.05) is 24.6 Å². The molecular formula is C15H22ClN3OS. The first-order valence-electron chi connectivity index (χ1n) is 7.47. The first kappa shape index (κ1) is 16.5. The fourth-order valence-electron chi connectivity index (χ4n) is 2.75. The second-order valence-corrected chi connectivity index (χ2v) is 6.17. The summed E-state index contributed by atoms with van der Waals surface area (Å²) in [6, 6.07) is 0. The van der Waals surface area contributed by atoms with Gasteiger partial charge in [0.1, 0.15) is 17.0 Å². The Kier molecular flexibility index (Phi) is 6.21. The van der Waals surface area contributed by atoms with Gasteiger partial charge < -0.3 is 10.1 Å². The first-order chi connectivity index (χ1) is 9.90. The number of hydrogen-bond acceptors (Lipinski definition) is 5. The Hall–Kier alpha value is -0.910. The predicted octanol–water partition coefficient (Wildman–Crippen LogP) is 3.83. The molecule has 116 valence electrons. The van der Waals surface area contributed by atoms with E-state index in [1.54, 1.807) is 6.33 Å². The van der Waals surface area contributed by atoms with E-state index in [1.807, 2.05) is 18.3 Å². The van der Waals surface area contributed by atoms with Gasteiger partial charge in [0.25, 0.3) is 0 Å². The monoisotopic (exact) mass is 327 g/mol. The zero-order chi connectivity index (χ0) is 13.8. The van der Waals surface area contributed by atoms with Crippen LogP contribution in [0.3, 0.4) is 0 Å². The van der Waals surface area contributed by atoms with Crippen molar-refractivity contribution < 1.29 is 4.74 Å². The number of halogens is 1. The molecule has 1 aliphatic rings. The molecule has 21 heavy (non-hydrogen) atoms. The van der Waals surface area contributed by atoms with Crippen LogP contribution in [0.4, 0.5) is 5.82 Å². The second-order valence-electron chi connectivity index (χ2n) is 5.09. The zero-order valence-corrected chi connectivity index (χ0v) is 14.0. The van der Waals surface area contributed by atoms with Gasteiger partial charge in [0.15, 0.2) is 0 Å². The second kappa shape index (κ2) is 7.92. The minimum absolute atomic E-state index is 0. The number of hydrogen-bond donors (Lipinski definition) is 1. The van der Waals surface area contributed by atoms with Gasteiger partial charge in [0.2, 0.25) is 0 Å². The normalized spacial score (nSPS) is 13.8. The van der Waals surface area contributed by atoms with Crippen LogP contribution in [0.25, 0.3) is 10.2 Å². The maximum atomic E-state index is 5.36. The van der Waals surface area contributed by atoms with Crippen LogP contribution in [-0.4, -0.2) is 29.7 Å². The summed E-state index contributed by atoms with van der Waals surface area (Å²) in [4.78, 5) is 11.6. The third-order valence-electron chi connectivity index (χ3n) is 3.71. The van der Waals surface area contributed by atoms with Crippen LogP contribution >= 0.6 is 23.7 Å². The molecule has 0 aliphatic heterocycles. The van der Waals surface area contributed by atoms with Crippen molar-refractivity contribution in [1.29, 1.82) is 0 Å². The van der Waals surface area contributed by atoms with E-state index in [0.717, 1.165) is 36.8 Å². The van der Waals surface area contributed by atoms with Crippen LogP contribution in [-0.2, 0) is 17.6 Å². The third kappa shape index (κ3) is 3.65. The lowest BCUT2D eigenvalue weighted by atomic mass is 9.97. The van der Waals surface area contributed by atoms with Crippen LogP contribution in [0, 0.1) is 0 Å². The lowest BCUT2D eigenvalue weighted by Crippen LogP contribution is -2.08. The lowest BCUT2D eigenvalue weighted by molar-refractivity contribution is 0.147. The van der Waals surface area contributed by atoms with Crippen molar-refractivity contribution in [1.82, 2.24) is 9.97 Å². The van der Waals surface area contributed by atoms with Gasteiger partial charge in [-0.15, -0.1) is 23.7 Å². The molecule has 3 rings (SSSR count). The van der Waals surface area contributed by atoms with Crippen molar-refractivity contribution in [2.24, 2.45) is 0 Å². The number of nitrogens with one attached hydrogen (secondary N) is 1. The molecule has 2 aromatic rings. The number of ether oxygens (including phenoxy) is 1. The van der Waals surface area contributed by atoms with E-state index in [9.17, 15) is 0 Å². The van der Waals surface area contributed by atoms with Crippen LogP contribution in [0.5, 0.6) is 0 Å². The molecule has 0 unspecified atom stereocenters. The quantitative estimate of drug-likeness (QED) is 0.819. The molecule has 0 amide bonds. The highest BCUT2D eigenvalue weighted by Crippen LogP contribution is 2.37. The molecule has 1 aliphatic carbocycles. The van der Waals surface area contributed by atoms with Crippen molar-refractivity contribution in [2.45, 2.75) is 39.0 Å². The number of nitrogens with zero attached hydrogens (tertiary/aromatic N) is 2. The Morgan fingerprint density at radius 3 is 3.00 bits per heavy atom. The molecule has 0 fully saturated rings. The van der Waals surface area contributed by atoms with Crippen LogP contribution in [0.15, 0.2) is 6.33 Å². The molecule has 0 atom stereocenters. The topological polar surface area (TPSA) is 47.0 Å². The Morgan fingerprint density at radius 1 is 1.29 bits per heavy atom. The summed E-state index contributed by atoms with van der Waals surface area (Å²) in [5.74, 6) is 1.01. The maximum Gasteiger partial charge on any atom is 0.138 e. The molecular weight excluding hydrogens is 306 g/mol. The number of thiophene rings is 1. The average Bonchev–Trinajstić information content (AvgIpc) is 2.86. The summed E-state index contributed by atoms with van der Waals surface area (Å²) in [7, 11) is 0. The predicted molar refractivity (Wildman–Crippen MR) is 90.9 cm³/mol. The number of rotatable bonds is 6. The average molecular weight is 328 g/mol. The Bertz CT molecular complexity index is 588. The van der Waals surface area contributed by atoms with Crippen molar-refractivity contribution in [3.8, 4) is 0 Å². The van der Waals surface area contributed by atoms with E-state index in [2.05, 4.69) is 15.3 Å². The van der Waals surface area contributed by atoms with Crippen molar-refractivity contribution in [3.05, 3.63) is 16.8 Å². The SMILES string of the molecule is CCOCCCNc1ncnc2sc3c(c12)CCCC3.Cl. The molecule has 2 heterocycles. The number of anilines is 1. The number of aromatic nitrogens is 2. The molecule has 6 heteroatoms. The first-order valence-corrected chi connectivity index (χ1v) is 8.28.